The van der Waals surface area contributed by atoms with Gasteiger partial charge in [-0.25, -0.2) is 0 Å². The van der Waals surface area contributed by atoms with Gasteiger partial charge < -0.3 is 20.1 Å². The van der Waals surface area contributed by atoms with Crippen molar-refractivity contribution < 1.29 is 14.3 Å². The topological polar surface area (TPSA) is 59.6 Å². The minimum Gasteiger partial charge on any atom is -0.469 e. The largest absolute Gasteiger partial charge is 0.469 e. The van der Waals surface area contributed by atoms with Gasteiger partial charge in [-0.15, -0.1) is 0 Å². The first-order valence-corrected chi connectivity index (χ1v) is 7.40. The average Bonchev–Trinajstić information content (AvgIpc) is 3.00. The number of hydrogen-bond acceptors (Lipinski definition) is 4. The molecule has 6 heteroatoms. The second-order valence-corrected chi connectivity index (χ2v) is 5.33. The smallest absolute Gasteiger partial charge is 0.309 e. The molecule has 5 nitrogen and oxygen atoms in total. The predicted octanol–water partition coefficient (Wildman–Crippen LogP) is 1.87. The summed E-state index contributed by atoms with van der Waals surface area (Å²) in [6.45, 7) is 1.57. The summed E-state index contributed by atoms with van der Waals surface area (Å²) in [5.74, 6) is -0.246. The van der Waals surface area contributed by atoms with Crippen molar-refractivity contribution in [3.05, 3.63) is 29.8 Å². The van der Waals surface area contributed by atoms with Crippen LogP contribution < -0.4 is 10.6 Å². The SMILES string of the molecule is COC(=O)Cc1ccc(NC(=S)NC[C@H]2CCCO2)cc1. The maximum absolute atomic E-state index is 11.2. The van der Waals surface area contributed by atoms with Crippen LogP contribution in [0.5, 0.6) is 0 Å². The number of carbonyl (C=O) groups excluding carboxylic acids is 1. The number of esters is 1. The lowest BCUT2D eigenvalue weighted by Gasteiger charge is -2.14. The highest BCUT2D eigenvalue weighted by atomic mass is 32.1. The Hall–Kier alpha value is -1.66. The van der Waals surface area contributed by atoms with Gasteiger partial charge in [-0.05, 0) is 42.8 Å². The van der Waals surface area contributed by atoms with Crippen molar-refractivity contribution in [3.8, 4) is 0 Å². The molecule has 21 heavy (non-hydrogen) atoms. The van der Waals surface area contributed by atoms with Crippen LogP contribution >= 0.6 is 12.2 Å². The van der Waals surface area contributed by atoms with E-state index in [0.717, 1.165) is 37.2 Å². The summed E-state index contributed by atoms with van der Waals surface area (Å²) >= 11 is 5.24. The summed E-state index contributed by atoms with van der Waals surface area (Å²) in [5.41, 5.74) is 1.79. The quantitative estimate of drug-likeness (QED) is 0.640. The van der Waals surface area contributed by atoms with Crippen LogP contribution in [-0.4, -0.2) is 37.4 Å². The average molecular weight is 308 g/mol. The molecule has 0 aromatic heterocycles. The summed E-state index contributed by atoms with van der Waals surface area (Å²) in [6.07, 6.45) is 2.73. The number of anilines is 1. The van der Waals surface area contributed by atoms with Gasteiger partial charge in [-0.1, -0.05) is 12.1 Å². The third-order valence-electron chi connectivity index (χ3n) is 3.30. The fraction of sp³-hybridized carbons (Fsp3) is 0.467. The summed E-state index contributed by atoms with van der Waals surface area (Å²) in [6, 6.07) is 7.53. The third-order valence-corrected chi connectivity index (χ3v) is 3.55. The van der Waals surface area contributed by atoms with E-state index in [4.69, 9.17) is 17.0 Å². The molecule has 1 aromatic rings. The Morgan fingerprint density at radius 3 is 2.81 bits per heavy atom. The van der Waals surface area contributed by atoms with Crippen LogP contribution in [-0.2, 0) is 20.7 Å². The van der Waals surface area contributed by atoms with Gasteiger partial charge in [0.1, 0.15) is 0 Å². The molecule has 2 N–H and O–H groups in total. The molecule has 114 valence electrons. The maximum atomic E-state index is 11.2. The third kappa shape index (κ3) is 5.32. The van der Waals surface area contributed by atoms with E-state index >= 15 is 0 Å². The molecule has 1 aliphatic heterocycles. The molecule has 0 spiro atoms. The first-order chi connectivity index (χ1) is 10.2. The van der Waals surface area contributed by atoms with E-state index in [-0.39, 0.29) is 18.5 Å². The fourth-order valence-corrected chi connectivity index (χ4v) is 2.33. The molecule has 1 heterocycles. The Bertz CT molecular complexity index is 484. The Kier molecular flexibility index (Phi) is 5.95. The molecule has 1 aromatic carbocycles. The highest BCUT2D eigenvalue weighted by Crippen LogP contribution is 2.12. The molecule has 2 rings (SSSR count). The van der Waals surface area contributed by atoms with Crippen LogP contribution in [0.15, 0.2) is 24.3 Å². The fourth-order valence-electron chi connectivity index (χ4n) is 2.13. The van der Waals surface area contributed by atoms with Gasteiger partial charge in [0.25, 0.3) is 0 Å². The van der Waals surface area contributed by atoms with Crippen molar-refractivity contribution in [2.45, 2.75) is 25.4 Å². The Labute approximate surface area is 130 Å². The van der Waals surface area contributed by atoms with E-state index in [0.29, 0.717) is 5.11 Å². The van der Waals surface area contributed by atoms with Gasteiger partial charge in [-0.2, -0.15) is 0 Å². The summed E-state index contributed by atoms with van der Waals surface area (Å²) < 4.78 is 10.2. The molecular formula is C15H20N2O3S. The lowest BCUT2D eigenvalue weighted by atomic mass is 10.1. The van der Waals surface area contributed by atoms with Gasteiger partial charge in [0.2, 0.25) is 0 Å². The van der Waals surface area contributed by atoms with Gasteiger partial charge in [0.05, 0.1) is 19.6 Å². The van der Waals surface area contributed by atoms with Crippen LogP contribution in [0.4, 0.5) is 5.69 Å². The summed E-state index contributed by atoms with van der Waals surface area (Å²) in [4.78, 5) is 11.2. The molecule has 0 saturated carbocycles. The zero-order valence-electron chi connectivity index (χ0n) is 12.1. The van der Waals surface area contributed by atoms with E-state index in [1.807, 2.05) is 24.3 Å². The number of ether oxygens (including phenoxy) is 2. The Morgan fingerprint density at radius 2 is 2.19 bits per heavy atom. The van der Waals surface area contributed by atoms with E-state index in [9.17, 15) is 4.79 Å². The number of methoxy groups -OCH3 is 1. The second-order valence-electron chi connectivity index (χ2n) is 4.92. The number of thiocarbonyl (C=S) groups is 1. The molecule has 0 unspecified atom stereocenters. The number of rotatable bonds is 5. The molecule has 1 atom stereocenters. The van der Waals surface area contributed by atoms with Crippen molar-refractivity contribution in [2.24, 2.45) is 0 Å². The van der Waals surface area contributed by atoms with Crippen LogP contribution in [0.2, 0.25) is 0 Å². The monoisotopic (exact) mass is 308 g/mol. The van der Waals surface area contributed by atoms with E-state index in [1.54, 1.807) is 0 Å². The van der Waals surface area contributed by atoms with E-state index in [1.165, 1.54) is 7.11 Å². The molecule has 1 saturated heterocycles. The van der Waals surface area contributed by atoms with Crippen molar-refractivity contribution >= 4 is 29.0 Å². The number of benzene rings is 1. The molecule has 0 bridgehead atoms. The van der Waals surface area contributed by atoms with Crippen LogP contribution in [0, 0.1) is 0 Å². The van der Waals surface area contributed by atoms with Gasteiger partial charge >= 0.3 is 5.97 Å². The molecule has 0 radical (unpaired) electrons. The van der Waals surface area contributed by atoms with Gasteiger partial charge in [0.15, 0.2) is 5.11 Å². The van der Waals surface area contributed by atoms with Crippen LogP contribution in [0.25, 0.3) is 0 Å². The van der Waals surface area contributed by atoms with Crippen LogP contribution in [0.1, 0.15) is 18.4 Å². The number of hydrogen-bond donors (Lipinski definition) is 2. The standard InChI is InChI=1S/C15H20N2O3S/c1-19-14(18)9-11-4-6-12(7-5-11)17-15(21)16-10-13-3-2-8-20-13/h4-7,13H,2-3,8-10H2,1H3,(H2,16,17,21)/t13-/m1/s1. The maximum Gasteiger partial charge on any atom is 0.309 e. The van der Waals surface area contributed by atoms with Crippen molar-refractivity contribution in [3.63, 3.8) is 0 Å². The minimum absolute atomic E-state index is 0.246. The summed E-state index contributed by atoms with van der Waals surface area (Å²) in [7, 11) is 1.39. The second kappa shape index (κ2) is 7.95. The van der Waals surface area contributed by atoms with Crippen LogP contribution in [0.3, 0.4) is 0 Å². The van der Waals surface area contributed by atoms with Gasteiger partial charge in [-0.3, -0.25) is 4.79 Å². The highest BCUT2D eigenvalue weighted by Gasteiger charge is 2.15. The van der Waals surface area contributed by atoms with E-state index < -0.39 is 0 Å². The van der Waals surface area contributed by atoms with Crippen molar-refractivity contribution in [1.82, 2.24) is 5.32 Å². The van der Waals surface area contributed by atoms with Gasteiger partial charge in [0, 0.05) is 18.8 Å². The summed E-state index contributed by atoms with van der Waals surface area (Å²) in [5, 5.41) is 6.83. The molecule has 0 aliphatic carbocycles. The first kappa shape index (κ1) is 15.7. The zero-order chi connectivity index (χ0) is 15.1. The highest BCUT2D eigenvalue weighted by molar-refractivity contribution is 7.80. The molecular weight excluding hydrogens is 288 g/mol. The predicted molar refractivity (Wildman–Crippen MR) is 85.4 cm³/mol. The lowest BCUT2D eigenvalue weighted by Crippen LogP contribution is -2.34. The first-order valence-electron chi connectivity index (χ1n) is 6.99. The van der Waals surface area contributed by atoms with Crippen molar-refractivity contribution in [1.29, 1.82) is 0 Å². The number of carbonyl (C=O) groups is 1. The minimum atomic E-state index is -0.246. The number of nitrogens with one attached hydrogen (secondary N) is 2. The molecule has 0 amide bonds. The molecule has 1 aliphatic rings. The molecule has 1 fully saturated rings. The van der Waals surface area contributed by atoms with Crippen molar-refractivity contribution in [2.75, 3.05) is 25.6 Å². The Balaban J connectivity index is 1.76. The zero-order valence-corrected chi connectivity index (χ0v) is 12.9. The lowest BCUT2D eigenvalue weighted by molar-refractivity contribution is -0.139. The normalized spacial score (nSPS) is 17.3. The Morgan fingerprint density at radius 1 is 1.43 bits per heavy atom. The van der Waals surface area contributed by atoms with E-state index in [2.05, 4.69) is 15.4 Å².